The molecule has 3 aromatic carbocycles. The van der Waals surface area contributed by atoms with E-state index < -0.39 is 8.07 Å². The Morgan fingerprint density at radius 2 is 0.951 bits per heavy atom. The topological polar surface area (TPSA) is 0 Å². The molecule has 3 aromatic rings. The third kappa shape index (κ3) is 8.11. The van der Waals surface area contributed by atoms with Gasteiger partial charge in [0.1, 0.15) is 8.07 Å². The average molecular weight is 663 g/mol. The zero-order valence-electron chi connectivity index (χ0n) is 26.2. The monoisotopic (exact) mass is 661 g/mol. The Hall–Kier alpha value is -1.06. The van der Waals surface area contributed by atoms with Crippen LogP contribution in [0.2, 0.25) is 0 Å². The molecule has 0 heterocycles. The van der Waals surface area contributed by atoms with Gasteiger partial charge in [0, 0.05) is 21.7 Å². The van der Waals surface area contributed by atoms with E-state index in [4.69, 9.17) is 0 Å². The van der Waals surface area contributed by atoms with Crippen molar-refractivity contribution in [3.05, 3.63) is 112 Å². The average Bonchev–Trinajstić information content (AvgIpc) is 3.36. The summed E-state index contributed by atoms with van der Waals surface area (Å²) >= 11 is 0. The van der Waals surface area contributed by atoms with E-state index in [-0.39, 0.29) is 64.4 Å². The molecule has 4 rings (SSSR count). The van der Waals surface area contributed by atoms with Crippen LogP contribution < -0.4 is 15.6 Å². The molecule has 1 aliphatic carbocycles. The van der Waals surface area contributed by atoms with E-state index >= 15 is 0 Å². The van der Waals surface area contributed by atoms with E-state index in [2.05, 4.69) is 147 Å². The van der Waals surface area contributed by atoms with E-state index in [0.717, 1.165) is 6.42 Å². The predicted molar refractivity (Wildman–Crippen MR) is 187 cm³/mol. The van der Waals surface area contributed by atoms with Gasteiger partial charge in [-0.25, -0.2) is 5.20 Å². The first kappa shape index (κ1) is 39.9. The molecule has 0 aliphatic heterocycles. The number of benzene rings is 3. The summed E-state index contributed by atoms with van der Waals surface area (Å²) in [6.07, 6.45) is 7.33. The van der Waals surface area contributed by atoms with Crippen molar-refractivity contribution in [2.75, 3.05) is 0 Å². The summed E-state index contributed by atoms with van der Waals surface area (Å²) in [6.45, 7) is 20.9. The van der Waals surface area contributed by atoms with Crippen molar-refractivity contribution in [1.29, 1.82) is 0 Å². The number of rotatable bonds is 7. The molecule has 0 N–H and O–H groups in total. The molecule has 0 atom stereocenters. The maximum absolute atomic E-state index is 3.98. The second-order valence-electron chi connectivity index (χ2n) is 12.7. The third-order valence-corrected chi connectivity index (χ3v) is 12.7. The second-order valence-corrected chi connectivity index (χ2v) is 16.4. The van der Waals surface area contributed by atoms with Crippen LogP contribution in [-0.4, -0.2) is 8.07 Å². The molecule has 41 heavy (non-hydrogen) atoms. The van der Waals surface area contributed by atoms with Crippen LogP contribution >= 0.6 is 37.2 Å². The zero-order valence-corrected chi connectivity index (χ0v) is 31.2. The quantitative estimate of drug-likeness (QED) is 0.134. The van der Waals surface area contributed by atoms with Gasteiger partial charge in [-0.05, 0) is 50.0 Å². The molecular formula is C36H48Cl3SiTi-. The van der Waals surface area contributed by atoms with Crippen LogP contribution in [0.5, 0.6) is 0 Å². The van der Waals surface area contributed by atoms with Crippen molar-refractivity contribution in [3.63, 3.8) is 0 Å². The Kier molecular flexibility index (Phi) is 15.7. The molecule has 0 radical (unpaired) electrons. The van der Waals surface area contributed by atoms with E-state index in [1.165, 1.54) is 43.0 Å². The van der Waals surface area contributed by atoms with E-state index in [0.29, 0.717) is 17.8 Å². The van der Waals surface area contributed by atoms with Crippen LogP contribution in [-0.2, 0) is 21.7 Å². The summed E-state index contributed by atoms with van der Waals surface area (Å²) < 4.78 is 0. The fraction of sp³-hybridized carbons (Fsp3) is 0.389. The normalized spacial score (nSPS) is 13.1. The van der Waals surface area contributed by atoms with Gasteiger partial charge in [-0.3, -0.25) is 6.08 Å². The van der Waals surface area contributed by atoms with Gasteiger partial charge in [-0.15, -0.1) is 43.6 Å². The molecule has 0 saturated heterocycles. The van der Waals surface area contributed by atoms with Gasteiger partial charge in [-0.2, -0.15) is 11.6 Å². The fourth-order valence-electron chi connectivity index (χ4n) is 5.79. The van der Waals surface area contributed by atoms with Gasteiger partial charge in [0.05, 0.1) is 0 Å². The van der Waals surface area contributed by atoms with Crippen LogP contribution in [0.25, 0.3) is 0 Å². The van der Waals surface area contributed by atoms with E-state index in [1.807, 2.05) is 0 Å². The minimum Gasteiger partial charge on any atom is -0.272 e. The van der Waals surface area contributed by atoms with Gasteiger partial charge >= 0.3 is 0 Å². The molecule has 0 nitrogen and oxygen atoms in total. The van der Waals surface area contributed by atoms with Gasteiger partial charge < -0.3 is 0 Å². The Bertz CT molecular complexity index is 1210. The van der Waals surface area contributed by atoms with Crippen LogP contribution in [0.1, 0.15) is 103 Å². The fourth-order valence-corrected chi connectivity index (χ4v) is 11.1. The largest absolute Gasteiger partial charge is 0.272 e. The van der Waals surface area contributed by atoms with Gasteiger partial charge in [0.15, 0.2) is 0 Å². The maximum atomic E-state index is 3.98. The first-order valence-electron chi connectivity index (χ1n) is 14.1. The molecule has 5 heteroatoms. The number of allylic oxidation sites excluding steroid dienone is 4. The molecule has 222 valence electrons. The Morgan fingerprint density at radius 1 is 0.610 bits per heavy atom. The molecule has 0 saturated carbocycles. The van der Waals surface area contributed by atoms with Crippen LogP contribution in [0, 0.1) is 11.5 Å². The Balaban J connectivity index is 0.00000400. The summed E-state index contributed by atoms with van der Waals surface area (Å²) in [5.74, 6) is 1.44. The third-order valence-electron chi connectivity index (χ3n) is 8.00. The molecule has 0 fully saturated rings. The standard InChI is InChI=1S/C36H45Si.3ClH.Ti/c1-25(2)28-14-10-17-31(22-28)37(32-18-11-15-29(23-32)26(3)4,33-19-12-16-30(24-33)27(5)6)35-21-13-20-34(35)36(7,8)9;;;;/h10-12,14-20,22-27H,13H2,1-9H3;3*1H;/q-1;;;;. The van der Waals surface area contributed by atoms with Crippen molar-refractivity contribution in [2.24, 2.45) is 5.41 Å². The second kappa shape index (κ2) is 16.1. The van der Waals surface area contributed by atoms with Crippen LogP contribution in [0.4, 0.5) is 0 Å². The Morgan fingerprint density at radius 3 is 1.24 bits per heavy atom. The molecular weight excluding hydrogens is 615 g/mol. The van der Waals surface area contributed by atoms with Crippen LogP contribution in [0.3, 0.4) is 0 Å². The predicted octanol–water partition coefficient (Wildman–Crippen LogP) is 9.43. The smallest absolute Gasteiger partial charge is 0.144 e. The van der Waals surface area contributed by atoms with Crippen molar-refractivity contribution < 1.29 is 21.7 Å². The zero-order chi connectivity index (χ0) is 27.0. The van der Waals surface area contributed by atoms with Gasteiger partial charge in [0.2, 0.25) is 0 Å². The molecule has 1 aliphatic rings. The molecule has 0 spiro atoms. The Labute approximate surface area is 285 Å². The van der Waals surface area contributed by atoms with Gasteiger partial charge in [0.25, 0.3) is 0 Å². The summed E-state index contributed by atoms with van der Waals surface area (Å²) in [5, 5.41) is 5.88. The number of hydrogen-bond donors (Lipinski definition) is 0. The van der Waals surface area contributed by atoms with E-state index in [1.54, 1.807) is 0 Å². The molecule has 0 unspecified atom stereocenters. The van der Waals surface area contributed by atoms with Crippen molar-refractivity contribution in [2.45, 2.75) is 86.5 Å². The summed E-state index contributed by atoms with van der Waals surface area (Å²) in [7, 11) is -2.66. The van der Waals surface area contributed by atoms with Crippen LogP contribution in [0.15, 0.2) is 89.6 Å². The van der Waals surface area contributed by atoms with Crippen molar-refractivity contribution in [3.8, 4) is 0 Å². The first-order chi connectivity index (χ1) is 17.5. The van der Waals surface area contributed by atoms with Gasteiger partial charge in [-0.1, -0.05) is 141 Å². The minimum atomic E-state index is -2.66. The van der Waals surface area contributed by atoms with Crippen molar-refractivity contribution in [1.82, 2.24) is 0 Å². The first-order valence-corrected chi connectivity index (χ1v) is 16.1. The SMILES string of the molecule is CC(C)c1cccc([Si](C2=[C-]CC=C2C(C)(C)C)(c2cccc(C(C)C)c2)c2cccc(C(C)C)c2)c1.Cl.Cl.Cl.[Ti]. The van der Waals surface area contributed by atoms with E-state index in [9.17, 15) is 0 Å². The summed E-state index contributed by atoms with van der Waals surface area (Å²) in [5.41, 5.74) is 5.76. The molecule has 0 amide bonds. The number of halogens is 3. The minimum absolute atomic E-state index is 0. The maximum Gasteiger partial charge on any atom is 0.144 e. The number of hydrogen-bond acceptors (Lipinski definition) is 0. The molecule has 0 aromatic heterocycles. The summed E-state index contributed by atoms with van der Waals surface area (Å²) in [4.78, 5) is 0. The van der Waals surface area contributed by atoms with Crippen molar-refractivity contribution >= 4 is 60.9 Å². The summed E-state index contributed by atoms with van der Waals surface area (Å²) in [6, 6.07) is 28.6. The molecule has 0 bridgehead atoms.